The van der Waals surface area contributed by atoms with Crippen molar-refractivity contribution >= 4 is 17.3 Å². The molecule has 0 radical (unpaired) electrons. The van der Waals surface area contributed by atoms with Crippen molar-refractivity contribution < 1.29 is 9.53 Å². The molecular formula is C20H26N2O2. The van der Waals surface area contributed by atoms with Gasteiger partial charge in [0.05, 0.1) is 11.8 Å². The Morgan fingerprint density at radius 3 is 2.58 bits per heavy atom. The highest BCUT2D eigenvalue weighted by molar-refractivity contribution is 5.91. The molecule has 0 saturated heterocycles. The van der Waals surface area contributed by atoms with E-state index in [2.05, 4.69) is 5.32 Å². The topological polar surface area (TPSA) is 64.3 Å². The van der Waals surface area contributed by atoms with Crippen LogP contribution in [0.2, 0.25) is 0 Å². The van der Waals surface area contributed by atoms with Gasteiger partial charge in [0, 0.05) is 12.1 Å². The highest BCUT2D eigenvalue weighted by atomic mass is 16.5. The summed E-state index contributed by atoms with van der Waals surface area (Å²) < 4.78 is 5.62. The average Bonchev–Trinajstić information content (AvgIpc) is 2.51. The third-order valence-corrected chi connectivity index (χ3v) is 3.74. The Morgan fingerprint density at radius 2 is 1.92 bits per heavy atom. The van der Waals surface area contributed by atoms with E-state index in [4.69, 9.17) is 10.5 Å². The molecule has 4 nitrogen and oxygen atoms in total. The molecule has 24 heavy (non-hydrogen) atoms. The molecule has 0 aliphatic carbocycles. The van der Waals surface area contributed by atoms with Gasteiger partial charge in [-0.3, -0.25) is 4.79 Å². The number of hydrogen-bond acceptors (Lipinski definition) is 3. The molecule has 0 aliphatic heterocycles. The van der Waals surface area contributed by atoms with Crippen LogP contribution in [0.5, 0.6) is 5.75 Å². The molecule has 4 heteroatoms. The van der Waals surface area contributed by atoms with E-state index in [9.17, 15) is 4.79 Å². The minimum Gasteiger partial charge on any atom is -0.489 e. The quantitative estimate of drug-likeness (QED) is 0.780. The molecule has 0 fully saturated rings. The Labute approximate surface area is 144 Å². The first kappa shape index (κ1) is 17.9. The van der Waals surface area contributed by atoms with Crippen LogP contribution in [0, 0.1) is 13.8 Å². The Morgan fingerprint density at radius 1 is 1.17 bits per heavy atom. The first-order valence-corrected chi connectivity index (χ1v) is 8.27. The van der Waals surface area contributed by atoms with E-state index < -0.39 is 0 Å². The molecule has 2 aromatic rings. The monoisotopic (exact) mass is 326 g/mol. The number of ether oxygens (including phenoxy) is 1. The van der Waals surface area contributed by atoms with E-state index in [0.717, 1.165) is 22.4 Å². The van der Waals surface area contributed by atoms with Crippen LogP contribution in [0.25, 0.3) is 0 Å². The fourth-order valence-corrected chi connectivity index (χ4v) is 2.46. The molecule has 2 aromatic carbocycles. The fourth-order valence-electron chi connectivity index (χ4n) is 2.46. The zero-order valence-electron chi connectivity index (χ0n) is 14.8. The minimum atomic E-state index is 0.00442. The molecule has 2 rings (SSSR count). The summed E-state index contributed by atoms with van der Waals surface area (Å²) in [5.74, 6) is 0.693. The third kappa shape index (κ3) is 5.01. The number of carbonyl (C=O) groups is 1. The highest BCUT2D eigenvalue weighted by Gasteiger charge is 2.08. The van der Waals surface area contributed by atoms with Crippen molar-refractivity contribution in [2.24, 2.45) is 0 Å². The minimum absolute atomic E-state index is 0.00442. The molecular weight excluding hydrogens is 300 g/mol. The lowest BCUT2D eigenvalue weighted by atomic mass is 10.1. The highest BCUT2D eigenvalue weighted by Crippen LogP contribution is 2.24. The van der Waals surface area contributed by atoms with E-state index >= 15 is 0 Å². The number of hydrogen-bond donors (Lipinski definition) is 2. The van der Waals surface area contributed by atoms with Gasteiger partial charge in [-0.05, 0) is 69.0 Å². The predicted octanol–water partition coefficient (Wildman–Crippen LogP) is 4.24. The summed E-state index contributed by atoms with van der Waals surface area (Å²) in [6.45, 7) is 7.93. The van der Waals surface area contributed by atoms with Crippen LogP contribution in [0.15, 0.2) is 36.4 Å². The molecule has 128 valence electrons. The number of anilines is 2. The van der Waals surface area contributed by atoms with Crippen LogP contribution >= 0.6 is 0 Å². The number of nitrogens with two attached hydrogens (primary N) is 1. The number of rotatable bonds is 6. The lowest BCUT2D eigenvalue weighted by molar-refractivity contribution is -0.116. The Balaban J connectivity index is 1.94. The summed E-state index contributed by atoms with van der Waals surface area (Å²) in [4.78, 5) is 12.2. The summed E-state index contributed by atoms with van der Waals surface area (Å²) in [7, 11) is 0. The average molecular weight is 326 g/mol. The molecule has 0 unspecified atom stereocenters. The second kappa shape index (κ2) is 7.86. The van der Waals surface area contributed by atoms with Crippen LogP contribution < -0.4 is 15.8 Å². The summed E-state index contributed by atoms with van der Waals surface area (Å²) >= 11 is 0. The van der Waals surface area contributed by atoms with Gasteiger partial charge in [0.15, 0.2) is 0 Å². The molecule has 0 atom stereocenters. The van der Waals surface area contributed by atoms with Crippen molar-refractivity contribution in [2.75, 3.05) is 11.1 Å². The third-order valence-electron chi connectivity index (χ3n) is 3.74. The molecule has 0 spiro atoms. The van der Waals surface area contributed by atoms with E-state index in [1.54, 1.807) is 0 Å². The van der Waals surface area contributed by atoms with Gasteiger partial charge in [-0.2, -0.15) is 0 Å². The summed E-state index contributed by atoms with van der Waals surface area (Å²) in [6, 6.07) is 11.7. The van der Waals surface area contributed by atoms with E-state index in [1.165, 1.54) is 0 Å². The fraction of sp³-hybridized carbons (Fsp3) is 0.350. The Kier molecular flexibility index (Phi) is 5.85. The van der Waals surface area contributed by atoms with Crippen molar-refractivity contribution in [1.82, 2.24) is 0 Å². The van der Waals surface area contributed by atoms with E-state index in [1.807, 2.05) is 64.1 Å². The number of carbonyl (C=O) groups excluding carboxylic acids is 1. The van der Waals surface area contributed by atoms with Crippen LogP contribution in [-0.2, 0) is 11.2 Å². The SMILES string of the molecule is Cc1ccc(C)c(NC(=O)CCc2ccc(OC(C)C)c(N)c2)c1. The second-order valence-corrected chi connectivity index (χ2v) is 6.41. The lowest BCUT2D eigenvalue weighted by Crippen LogP contribution is -2.13. The summed E-state index contributed by atoms with van der Waals surface area (Å²) in [5, 5.41) is 2.98. The summed E-state index contributed by atoms with van der Waals surface area (Å²) in [6.07, 6.45) is 1.14. The largest absolute Gasteiger partial charge is 0.489 e. The first-order valence-electron chi connectivity index (χ1n) is 8.27. The Hall–Kier alpha value is -2.49. The number of aryl methyl sites for hydroxylation is 3. The van der Waals surface area contributed by atoms with Gasteiger partial charge in [-0.25, -0.2) is 0 Å². The van der Waals surface area contributed by atoms with Crippen molar-refractivity contribution in [2.45, 2.75) is 46.6 Å². The first-order chi connectivity index (χ1) is 11.3. The van der Waals surface area contributed by atoms with Crippen molar-refractivity contribution in [3.63, 3.8) is 0 Å². The number of amides is 1. The van der Waals surface area contributed by atoms with Crippen LogP contribution in [0.4, 0.5) is 11.4 Å². The summed E-state index contributed by atoms with van der Waals surface area (Å²) in [5.41, 5.74) is 10.7. The smallest absolute Gasteiger partial charge is 0.224 e. The number of benzene rings is 2. The molecule has 0 aliphatic rings. The molecule has 0 aromatic heterocycles. The van der Waals surface area contributed by atoms with Gasteiger partial charge >= 0.3 is 0 Å². The maximum absolute atomic E-state index is 12.2. The maximum Gasteiger partial charge on any atom is 0.224 e. The van der Waals surface area contributed by atoms with Gasteiger partial charge in [-0.15, -0.1) is 0 Å². The van der Waals surface area contributed by atoms with Gasteiger partial charge < -0.3 is 15.8 Å². The molecule has 0 heterocycles. The number of nitrogens with one attached hydrogen (secondary N) is 1. The standard InChI is InChI=1S/C20H26N2O2/c1-13(2)24-19-9-7-16(12-17(19)21)8-10-20(23)22-18-11-14(3)5-6-15(18)4/h5-7,9,11-13H,8,10,21H2,1-4H3,(H,22,23). The van der Waals surface area contributed by atoms with Gasteiger partial charge in [0.2, 0.25) is 5.91 Å². The van der Waals surface area contributed by atoms with Crippen LogP contribution in [0.1, 0.15) is 37.0 Å². The molecule has 0 saturated carbocycles. The van der Waals surface area contributed by atoms with Crippen molar-refractivity contribution in [3.05, 3.63) is 53.1 Å². The molecule has 0 bridgehead atoms. The predicted molar refractivity (Wildman–Crippen MR) is 99.5 cm³/mol. The second-order valence-electron chi connectivity index (χ2n) is 6.41. The van der Waals surface area contributed by atoms with Crippen molar-refractivity contribution in [3.8, 4) is 5.75 Å². The van der Waals surface area contributed by atoms with E-state index in [-0.39, 0.29) is 12.0 Å². The van der Waals surface area contributed by atoms with Gasteiger partial charge in [-0.1, -0.05) is 18.2 Å². The maximum atomic E-state index is 12.2. The Bertz CT molecular complexity index is 724. The molecule has 3 N–H and O–H groups in total. The van der Waals surface area contributed by atoms with Gasteiger partial charge in [0.25, 0.3) is 0 Å². The van der Waals surface area contributed by atoms with Gasteiger partial charge in [0.1, 0.15) is 5.75 Å². The van der Waals surface area contributed by atoms with E-state index in [0.29, 0.717) is 24.3 Å². The van der Waals surface area contributed by atoms with Crippen molar-refractivity contribution in [1.29, 1.82) is 0 Å². The van der Waals surface area contributed by atoms with Crippen LogP contribution in [0.3, 0.4) is 0 Å². The normalized spacial score (nSPS) is 10.7. The molecule has 1 amide bonds. The zero-order valence-corrected chi connectivity index (χ0v) is 14.8. The lowest BCUT2D eigenvalue weighted by Gasteiger charge is -2.13. The zero-order chi connectivity index (χ0) is 17.7. The number of nitrogen functional groups attached to an aromatic ring is 1. The van der Waals surface area contributed by atoms with Crippen LogP contribution in [-0.4, -0.2) is 12.0 Å².